The average molecular weight is 201 g/mol. The molecular weight excluding hydrogens is 190 g/mol. The van der Waals surface area contributed by atoms with Gasteiger partial charge in [-0.05, 0) is 6.92 Å². The molecule has 0 amide bonds. The number of benzene rings is 1. The predicted octanol–water partition coefficient (Wildman–Crippen LogP) is 2.47. The fourth-order valence-electron chi connectivity index (χ4n) is 1.39. The minimum atomic E-state index is 0.0860. The maximum atomic E-state index is 10.9. The highest BCUT2D eigenvalue weighted by atomic mass is 16.5. The predicted molar refractivity (Wildman–Crippen MR) is 56.3 cm³/mol. The third-order valence-electron chi connectivity index (χ3n) is 2.05. The Kier molecular flexibility index (Phi) is 2.63. The molecule has 0 aliphatic rings. The van der Waals surface area contributed by atoms with Crippen LogP contribution in [0.25, 0.3) is 11.3 Å². The Hall–Kier alpha value is -1.90. The van der Waals surface area contributed by atoms with Crippen LogP contribution in [-0.4, -0.2) is 10.9 Å². The number of ketones is 1. The zero-order chi connectivity index (χ0) is 10.7. The van der Waals surface area contributed by atoms with Crippen molar-refractivity contribution in [2.24, 2.45) is 0 Å². The second-order valence-electron chi connectivity index (χ2n) is 3.43. The Bertz CT molecular complexity index is 459. The highest BCUT2D eigenvalue weighted by Crippen LogP contribution is 2.19. The average Bonchev–Trinajstić information content (AvgIpc) is 2.67. The summed E-state index contributed by atoms with van der Waals surface area (Å²) >= 11 is 0. The van der Waals surface area contributed by atoms with Crippen molar-refractivity contribution in [2.45, 2.75) is 13.3 Å². The normalized spacial score (nSPS) is 10.2. The van der Waals surface area contributed by atoms with Crippen LogP contribution < -0.4 is 0 Å². The first-order valence-electron chi connectivity index (χ1n) is 4.76. The van der Waals surface area contributed by atoms with E-state index in [1.165, 1.54) is 6.92 Å². The van der Waals surface area contributed by atoms with Crippen LogP contribution in [0.2, 0.25) is 0 Å². The Morgan fingerprint density at radius 3 is 2.73 bits per heavy atom. The number of hydrogen-bond acceptors (Lipinski definition) is 3. The summed E-state index contributed by atoms with van der Waals surface area (Å²) in [6, 6.07) is 11.5. The molecule has 0 spiro atoms. The lowest BCUT2D eigenvalue weighted by Crippen LogP contribution is -1.95. The largest absolute Gasteiger partial charge is 0.356 e. The van der Waals surface area contributed by atoms with Gasteiger partial charge in [0.2, 0.25) is 0 Å². The van der Waals surface area contributed by atoms with Crippen LogP contribution >= 0.6 is 0 Å². The quantitative estimate of drug-likeness (QED) is 0.766. The lowest BCUT2D eigenvalue weighted by atomic mass is 10.1. The fraction of sp³-hybridized carbons (Fsp3) is 0.167. The Balaban J connectivity index is 2.24. The number of Topliss-reactive ketones (excluding diaryl/α,β-unsaturated/α-hetero) is 1. The molecule has 2 rings (SSSR count). The number of hydrogen-bond donors (Lipinski definition) is 0. The molecule has 3 nitrogen and oxygen atoms in total. The highest BCUT2D eigenvalue weighted by Gasteiger charge is 2.07. The highest BCUT2D eigenvalue weighted by molar-refractivity contribution is 5.78. The van der Waals surface area contributed by atoms with Crippen molar-refractivity contribution in [3.63, 3.8) is 0 Å². The molecule has 1 aromatic heterocycles. The van der Waals surface area contributed by atoms with E-state index in [9.17, 15) is 4.79 Å². The fourth-order valence-corrected chi connectivity index (χ4v) is 1.39. The van der Waals surface area contributed by atoms with Gasteiger partial charge in [0, 0.05) is 11.6 Å². The molecule has 0 radical (unpaired) electrons. The van der Waals surface area contributed by atoms with Crippen molar-refractivity contribution in [3.8, 4) is 11.3 Å². The van der Waals surface area contributed by atoms with Crippen molar-refractivity contribution in [1.82, 2.24) is 5.16 Å². The number of nitrogens with zero attached hydrogens (tertiary/aromatic N) is 1. The molecule has 0 unspecified atom stereocenters. The molecule has 1 aromatic carbocycles. The van der Waals surface area contributed by atoms with Crippen LogP contribution in [0.1, 0.15) is 12.6 Å². The monoisotopic (exact) mass is 201 g/mol. The summed E-state index contributed by atoms with van der Waals surface area (Å²) in [6.45, 7) is 1.54. The van der Waals surface area contributed by atoms with E-state index in [-0.39, 0.29) is 5.78 Å². The molecule has 0 saturated heterocycles. The van der Waals surface area contributed by atoms with Gasteiger partial charge in [0.05, 0.1) is 12.1 Å². The van der Waals surface area contributed by atoms with Crippen molar-refractivity contribution in [3.05, 3.63) is 42.1 Å². The van der Waals surface area contributed by atoms with E-state index in [1.54, 1.807) is 6.07 Å². The maximum absolute atomic E-state index is 10.9. The standard InChI is InChI=1S/C12H11NO2/c1-9(14)7-11-8-12(15-13-11)10-5-3-2-4-6-10/h2-6,8H,7H2,1H3. The first-order valence-corrected chi connectivity index (χ1v) is 4.76. The molecule has 76 valence electrons. The molecule has 0 N–H and O–H groups in total. The minimum absolute atomic E-state index is 0.0860. The van der Waals surface area contributed by atoms with E-state index < -0.39 is 0 Å². The maximum Gasteiger partial charge on any atom is 0.167 e. The number of aromatic nitrogens is 1. The van der Waals surface area contributed by atoms with Crippen LogP contribution in [0.4, 0.5) is 0 Å². The molecule has 0 aliphatic heterocycles. The van der Waals surface area contributed by atoms with E-state index in [1.807, 2.05) is 30.3 Å². The zero-order valence-corrected chi connectivity index (χ0v) is 8.43. The van der Waals surface area contributed by atoms with Crippen LogP contribution in [0.15, 0.2) is 40.9 Å². The summed E-state index contributed by atoms with van der Waals surface area (Å²) in [5.41, 5.74) is 1.65. The summed E-state index contributed by atoms with van der Waals surface area (Å²) in [7, 11) is 0. The second-order valence-corrected chi connectivity index (χ2v) is 3.43. The first kappa shape index (κ1) is 9.65. The SMILES string of the molecule is CC(=O)Cc1cc(-c2ccccc2)on1. The van der Waals surface area contributed by atoms with Gasteiger partial charge >= 0.3 is 0 Å². The van der Waals surface area contributed by atoms with Crippen LogP contribution in [0, 0.1) is 0 Å². The summed E-state index contributed by atoms with van der Waals surface area (Å²) in [4.78, 5) is 10.9. The van der Waals surface area contributed by atoms with Gasteiger partial charge in [-0.15, -0.1) is 0 Å². The summed E-state index contributed by atoms with van der Waals surface area (Å²) < 4.78 is 5.15. The van der Waals surface area contributed by atoms with E-state index in [0.29, 0.717) is 17.9 Å². The molecular formula is C12H11NO2. The zero-order valence-electron chi connectivity index (χ0n) is 8.43. The lowest BCUT2D eigenvalue weighted by Gasteiger charge is -1.91. The van der Waals surface area contributed by atoms with Gasteiger partial charge < -0.3 is 4.52 Å². The van der Waals surface area contributed by atoms with Gasteiger partial charge in [0.25, 0.3) is 0 Å². The molecule has 0 saturated carbocycles. The van der Waals surface area contributed by atoms with Gasteiger partial charge in [-0.1, -0.05) is 35.5 Å². The van der Waals surface area contributed by atoms with Crippen molar-refractivity contribution >= 4 is 5.78 Å². The van der Waals surface area contributed by atoms with Crippen LogP contribution in [0.3, 0.4) is 0 Å². The molecule has 2 aromatic rings. The van der Waals surface area contributed by atoms with E-state index in [2.05, 4.69) is 5.16 Å². The van der Waals surface area contributed by atoms with Gasteiger partial charge in [0.15, 0.2) is 5.76 Å². The van der Waals surface area contributed by atoms with Gasteiger partial charge in [0.1, 0.15) is 5.78 Å². The summed E-state index contributed by atoms with van der Waals surface area (Å²) in [5.74, 6) is 0.787. The van der Waals surface area contributed by atoms with Gasteiger partial charge in [-0.25, -0.2) is 0 Å². The van der Waals surface area contributed by atoms with E-state index in [0.717, 1.165) is 5.56 Å². The Labute approximate surface area is 87.7 Å². The van der Waals surface area contributed by atoms with Gasteiger partial charge in [-0.3, -0.25) is 4.79 Å². The molecule has 0 fully saturated rings. The molecule has 15 heavy (non-hydrogen) atoms. The Morgan fingerprint density at radius 1 is 1.33 bits per heavy atom. The van der Waals surface area contributed by atoms with Gasteiger partial charge in [-0.2, -0.15) is 0 Å². The molecule has 0 aliphatic carbocycles. The molecule has 3 heteroatoms. The Morgan fingerprint density at radius 2 is 2.07 bits per heavy atom. The molecule has 0 bridgehead atoms. The lowest BCUT2D eigenvalue weighted by molar-refractivity contribution is -0.116. The number of carbonyl (C=O) groups excluding carboxylic acids is 1. The molecule has 1 heterocycles. The van der Waals surface area contributed by atoms with Crippen molar-refractivity contribution < 1.29 is 9.32 Å². The van der Waals surface area contributed by atoms with Crippen LogP contribution in [-0.2, 0) is 11.2 Å². The third kappa shape index (κ3) is 2.31. The topological polar surface area (TPSA) is 43.1 Å². The van der Waals surface area contributed by atoms with E-state index in [4.69, 9.17) is 4.52 Å². The van der Waals surface area contributed by atoms with Crippen LogP contribution in [0.5, 0.6) is 0 Å². The summed E-state index contributed by atoms with van der Waals surface area (Å²) in [5, 5.41) is 3.84. The minimum Gasteiger partial charge on any atom is -0.356 e. The second kappa shape index (κ2) is 4.09. The summed E-state index contributed by atoms with van der Waals surface area (Å²) in [6.07, 6.45) is 0.330. The van der Waals surface area contributed by atoms with E-state index >= 15 is 0 Å². The first-order chi connectivity index (χ1) is 7.25. The molecule has 0 atom stereocenters. The third-order valence-corrected chi connectivity index (χ3v) is 2.05. The smallest absolute Gasteiger partial charge is 0.167 e. The van der Waals surface area contributed by atoms with Crippen molar-refractivity contribution in [2.75, 3.05) is 0 Å². The number of carbonyl (C=O) groups is 1. The number of rotatable bonds is 3. The van der Waals surface area contributed by atoms with Crippen molar-refractivity contribution in [1.29, 1.82) is 0 Å².